The highest BCUT2D eigenvalue weighted by atomic mass is 19.1. The number of aromatic nitrogens is 3. The molecule has 0 saturated heterocycles. The first-order chi connectivity index (χ1) is 13.0. The van der Waals surface area contributed by atoms with Crippen molar-refractivity contribution >= 4 is 17.5 Å². The van der Waals surface area contributed by atoms with Gasteiger partial charge in [0.2, 0.25) is 0 Å². The first kappa shape index (κ1) is 18.3. The third-order valence-corrected chi connectivity index (χ3v) is 3.94. The summed E-state index contributed by atoms with van der Waals surface area (Å²) in [5.74, 6) is -1.09. The molecule has 0 fully saturated rings. The van der Waals surface area contributed by atoms with E-state index in [0.29, 0.717) is 12.2 Å². The standard InChI is InChI=1S/C18H18FN5O3/c1-2-12(27-13-5-3-4-11(19)8-13)9-22-18(26)15-6-7-21-17-14(16(20)25)10-23-24(15)17/h3-8,10,12H,2,9H2,1H3,(H2,20,25)(H,22,26). The third-order valence-electron chi connectivity index (χ3n) is 3.94. The van der Waals surface area contributed by atoms with Crippen LogP contribution >= 0.6 is 0 Å². The Morgan fingerprint density at radius 1 is 1.37 bits per heavy atom. The van der Waals surface area contributed by atoms with Crippen LogP contribution in [0.5, 0.6) is 5.75 Å². The molecule has 3 N–H and O–H groups in total. The van der Waals surface area contributed by atoms with Gasteiger partial charge >= 0.3 is 0 Å². The second kappa shape index (κ2) is 7.81. The van der Waals surface area contributed by atoms with E-state index in [1.165, 1.54) is 35.1 Å². The van der Waals surface area contributed by atoms with Crippen LogP contribution in [-0.2, 0) is 0 Å². The van der Waals surface area contributed by atoms with E-state index in [-0.39, 0.29) is 29.6 Å². The highest BCUT2D eigenvalue weighted by molar-refractivity contribution is 5.99. The summed E-state index contributed by atoms with van der Waals surface area (Å²) in [6.07, 6.45) is 2.94. The highest BCUT2D eigenvalue weighted by Gasteiger charge is 2.18. The van der Waals surface area contributed by atoms with Gasteiger partial charge in [0.25, 0.3) is 11.8 Å². The molecule has 3 aromatic rings. The van der Waals surface area contributed by atoms with Gasteiger partial charge in [0.05, 0.1) is 12.7 Å². The van der Waals surface area contributed by atoms with Crippen LogP contribution in [0.3, 0.4) is 0 Å². The Kier molecular flexibility index (Phi) is 5.30. The Hall–Kier alpha value is -3.49. The van der Waals surface area contributed by atoms with Gasteiger partial charge in [-0.15, -0.1) is 0 Å². The molecule has 3 rings (SSSR count). The van der Waals surface area contributed by atoms with E-state index in [2.05, 4.69) is 15.4 Å². The molecule has 9 heteroatoms. The van der Waals surface area contributed by atoms with E-state index in [1.54, 1.807) is 12.1 Å². The van der Waals surface area contributed by atoms with Gasteiger partial charge in [-0.25, -0.2) is 13.9 Å². The van der Waals surface area contributed by atoms with Crippen molar-refractivity contribution in [3.05, 3.63) is 59.8 Å². The fourth-order valence-electron chi connectivity index (χ4n) is 2.54. The number of rotatable bonds is 7. The molecule has 2 amide bonds. The summed E-state index contributed by atoms with van der Waals surface area (Å²) in [5.41, 5.74) is 5.81. The lowest BCUT2D eigenvalue weighted by atomic mass is 10.2. The van der Waals surface area contributed by atoms with E-state index >= 15 is 0 Å². The molecule has 140 valence electrons. The quantitative estimate of drug-likeness (QED) is 0.655. The molecule has 0 bridgehead atoms. The Morgan fingerprint density at radius 3 is 2.89 bits per heavy atom. The second-order valence-corrected chi connectivity index (χ2v) is 5.80. The molecule has 0 aliphatic rings. The number of halogens is 1. The van der Waals surface area contributed by atoms with Crippen molar-refractivity contribution in [2.45, 2.75) is 19.4 Å². The lowest BCUT2D eigenvalue weighted by molar-refractivity contribution is 0.0917. The first-order valence-corrected chi connectivity index (χ1v) is 8.32. The van der Waals surface area contributed by atoms with Crippen molar-refractivity contribution in [2.75, 3.05) is 6.54 Å². The fraction of sp³-hybridized carbons (Fsp3) is 0.222. The monoisotopic (exact) mass is 371 g/mol. The van der Waals surface area contributed by atoms with Crippen molar-refractivity contribution in [1.29, 1.82) is 0 Å². The van der Waals surface area contributed by atoms with Gasteiger partial charge in [0.15, 0.2) is 5.65 Å². The summed E-state index contributed by atoms with van der Waals surface area (Å²) < 4.78 is 20.2. The normalized spacial score (nSPS) is 11.9. The van der Waals surface area contributed by atoms with Crippen molar-refractivity contribution in [3.8, 4) is 5.75 Å². The third kappa shape index (κ3) is 4.02. The smallest absolute Gasteiger partial charge is 0.270 e. The van der Waals surface area contributed by atoms with Crippen molar-refractivity contribution in [1.82, 2.24) is 19.9 Å². The van der Waals surface area contributed by atoms with Gasteiger partial charge in [-0.2, -0.15) is 5.10 Å². The van der Waals surface area contributed by atoms with Gasteiger partial charge in [-0.1, -0.05) is 13.0 Å². The predicted octanol–water partition coefficient (Wildman–Crippen LogP) is 1.55. The minimum atomic E-state index is -0.676. The zero-order valence-corrected chi connectivity index (χ0v) is 14.6. The number of amides is 2. The number of ether oxygens (including phenoxy) is 1. The summed E-state index contributed by atoms with van der Waals surface area (Å²) in [7, 11) is 0. The summed E-state index contributed by atoms with van der Waals surface area (Å²) in [6.45, 7) is 2.10. The molecule has 8 nitrogen and oxygen atoms in total. The molecule has 2 aromatic heterocycles. The number of nitrogens with two attached hydrogens (primary N) is 1. The molecule has 1 aromatic carbocycles. The highest BCUT2D eigenvalue weighted by Crippen LogP contribution is 2.15. The van der Waals surface area contributed by atoms with Gasteiger partial charge in [-0.05, 0) is 24.6 Å². The molecule has 0 radical (unpaired) electrons. The molecular formula is C18H18FN5O3. The molecule has 2 heterocycles. The van der Waals surface area contributed by atoms with Crippen molar-refractivity contribution < 1.29 is 18.7 Å². The van der Waals surface area contributed by atoms with Crippen molar-refractivity contribution in [3.63, 3.8) is 0 Å². The summed E-state index contributed by atoms with van der Waals surface area (Å²) in [5, 5.41) is 6.76. The summed E-state index contributed by atoms with van der Waals surface area (Å²) in [4.78, 5) is 28.0. The molecule has 1 unspecified atom stereocenters. The maximum absolute atomic E-state index is 13.3. The summed E-state index contributed by atoms with van der Waals surface area (Å²) >= 11 is 0. The molecule has 0 aliphatic heterocycles. The molecule has 1 atom stereocenters. The number of carbonyl (C=O) groups excluding carboxylic acids is 2. The topological polar surface area (TPSA) is 112 Å². The zero-order valence-electron chi connectivity index (χ0n) is 14.6. The van der Waals surface area contributed by atoms with Crippen LogP contribution < -0.4 is 15.8 Å². The maximum atomic E-state index is 13.3. The minimum absolute atomic E-state index is 0.130. The van der Waals surface area contributed by atoms with Crippen LogP contribution in [0.2, 0.25) is 0 Å². The minimum Gasteiger partial charge on any atom is -0.489 e. The number of nitrogens with zero attached hydrogens (tertiary/aromatic N) is 3. The van der Waals surface area contributed by atoms with Gasteiger partial charge in [-0.3, -0.25) is 9.59 Å². The Balaban J connectivity index is 1.71. The van der Waals surface area contributed by atoms with E-state index in [4.69, 9.17) is 10.5 Å². The Morgan fingerprint density at radius 2 is 2.19 bits per heavy atom. The van der Waals surface area contributed by atoms with Crippen LogP contribution in [0.25, 0.3) is 5.65 Å². The molecular weight excluding hydrogens is 353 g/mol. The van der Waals surface area contributed by atoms with Crippen LogP contribution in [-0.4, -0.2) is 39.1 Å². The SMILES string of the molecule is CCC(CNC(=O)c1ccnc2c(C(N)=O)cnn12)Oc1cccc(F)c1. The van der Waals surface area contributed by atoms with E-state index in [9.17, 15) is 14.0 Å². The van der Waals surface area contributed by atoms with E-state index < -0.39 is 17.6 Å². The maximum Gasteiger partial charge on any atom is 0.270 e. The van der Waals surface area contributed by atoms with Gasteiger partial charge in [0, 0.05) is 12.3 Å². The number of carbonyl (C=O) groups is 2. The molecule has 0 spiro atoms. The average Bonchev–Trinajstić information content (AvgIpc) is 3.09. The average molecular weight is 371 g/mol. The zero-order chi connectivity index (χ0) is 19.4. The number of benzene rings is 1. The number of nitrogens with one attached hydrogen (secondary N) is 1. The number of hydrogen-bond acceptors (Lipinski definition) is 5. The molecule has 0 aliphatic carbocycles. The van der Waals surface area contributed by atoms with Crippen molar-refractivity contribution in [2.24, 2.45) is 5.73 Å². The van der Waals surface area contributed by atoms with Crippen LogP contribution in [0.15, 0.2) is 42.7 Å². The summed E-state index contributed by atoms with van der Waals surface area (Å²) in [6, 6.07) is 7.29. The lowest BCUT2D eigenvalue weighted by Crippen LogP contribution is -2.36. The van der Waals surface area contributed by atoms with Crippen LogP contribution in [0, 0.1) is 5.82 Å². The van der Waals surface area contributed by atoms with Gasteiger partial charge in [0.1, 0.15) is 28.9 Å². The van der Waals surface area contributed by atoms with Crippen LogP contribution in [0.1, 0.15) is 34.2 Å². The Bertz CT molecular complexity index is 988. The molecule has 27 heavy (non-hydrogen) atoms. The Labute approximate surface area is 154 Å². The number of hydrogen-bond donors (Lipinski definition) is 2. The predicted molar refractivity (Wildman–Crippen MR) is 94.9 cm³/mol. The number of primary amides is 1. The first-order valence-electron chi connectivity index (χ1n) is 8.32. The second-order valence-electron chi connectivity index (χ2n) is 5.80. The van der Waals surface area contributed by atoms with Crippen LogP contribution in [0.4, 0.5) is 4.39 Å². The van der Waals surface area contributed by atoms with E-state index in [1.807, 2.05) is 6.92 Å². The number of fused-ring (bicyclic) bond motifs is 1. The van der Waals surface area contributed by atoms with E-state index in [0.717, 1.165) is 0 Å². The largest absolute Gasteiger partial charge is 0.489 e. The molecule has 0 saturated carbocycles. The van der Waals surface area contributed by atoms with Gasteiger partial charge < -0.3 is 15.8 Å². The lowest BCUT2D eigenvalue weighted by Gasteiger charge is -2.18. The fourth-order valence-corrected chi connectivity index (χ4v) is 2.54.